The first-order chi connectivity index (χ1) is 10.6. The Morgan fingerprint density at radius 1 is 1.39 bits per heavy atom. The fourth-order valence-electron chi connectivity index (χ4n) is 3.34. The molecule has 1 atom stereocenters. The van der Waals surface area contributed by atoms with Gasteiger partial charge in [-0.3, -0.25) is 4.79 Å². The lowest BCUT2D eigenvalue weighted by atomic mass is 9.91. The predicted molar refractivity (Wildman–Crippen MR) is 80.9 cm³/mol. The number of amides is 1. The quantitative estimate of drug-likeness (QED) is 0.884. The van der Waals surface area contributed by atoms with Crippen molar-refractivity contribution in [3.63, 3.8) is 0 Å². The van der Waals surface area contributed by atoms with Gasteiger partial charge in [0, 0.05) is 11.3 Å². The van der Waals surface area contributed by atoms with E-state index in [1.807, 2.05) is 0 Å². The van der Waals surface area contributed by atoms with Crippen molar-refractivity contribution < 1.29 is 18.0 Å². The van der Waals surface area contributed by atoms with Crippen molar-refractivity contribution in [1.82, 2.24) is 15.6 Å². The summed E-state index contributed by atoms with van der Waals surface area (Å²) in [5.74, 6) is -0.0911. The number of piperidine rings is 1. The van der Waals surface area contributed by atoms with Gasteiger partial charge in [-0.05, 0) is 51.6 Å². The van der Waals surface area contributed by atoms with Crippen molar-refractivity contribution in [1.29, 1.82) is 0 Å². The molecule has 2 aliphatic rings. The predicted octanol–water partition coefficient (Wildman–Crippen LogP) is 2.90. The molecule has 2 fully saturated rings. The van der Waals surface area contributed by atoms with Gasteiger partial charge in [-0.15, -0.1) is 11.3 Å². The fraction of sp³-hybridized carbons (Fsp3) is 0.733. The molecule has 1 aliphatic heterocycles. The topological polar surface area (TPSA) is 54.0 Å². The molecule has 2 heterocycles. The molecule has 23 heavy (non-hydrogen) atoms. The lowest BCUT2D eigenvalue weighted by Gasteiger charge is -2.27. The van der Waals surface area contributed by atoms with E-state index in [-0.39, 0.29) is 22.2 Å². The van der Waals surface area contributed by atoms with Gasteiger partial charge >= 0.3 is 6.18 Å². The largest absolute Gasteiger partial charge is 0.434 e. The number of halogens is 3. The highest BCUT2D eigenvalue weighted by atomic mass is 32.1. The summed E-state index contributed by atoms with van der Waals surface area (Å²) in [5, 5.41) is 7.45. The van der Waals surface area contributed by atoms with E-state index < -0.39 is 17.4 Å². The highest BCUT2D eigenvalue weighted by Gasteiger charge is 2.58. The maximum atomic E-state index is 12.7. The van der Waals surface area contributed by atoms with Gasteiger partial charge < -0.3 is 10.6 Å². The first-order valence-corrected chi connectivity index (χ1v) is 8.58. The van der Waals surface area contributed by atoms with Crippen LogP contribution in [0.25, 0.3) is 0 Å². The minimum atomic E-state index is -4.45. The summed E-state index contributed by atoms with van der Waals surface area (Å²) >= 11 is 0.929. The van der Waals surface area contributed by atoms with Gasteiger partial charge in [0.1, 0.15) is 5.01 Å². The summed E-state index contributed by atoms with van der Waals surface area (Å²) in [6.45, 7) is 5.24. The van der Waals surface area contributed by atoms with E-state index in [1.165, 1.54) is 0 Å². The molecular weight excluding hydrogens is 327 g/mol. The van der Waals surface area contributed by atoms with Crippen LogP contribution in [-0.2, 0) is 16.5 Å². The summed E-state index contributed by atoms with van der Waals surface area (Å²) in [7, 11) is 0. The summed E-state index contributed by atoms with van der Waals surface area (Å²) in [5.41, 5.74) is -1.70. The van der Waals surface area contributed by atoms with Gasteiger partial charge in [0.05, 0.1) is 5.54 Å². The number of aromatic nitrogens is 1. The molecule has 1 saturated carbocycles. The Labute approximate surface area is 136 Å². The van der Waals surface area contributed by atoms with Gasteiger partial charge in [0.25, 0.3) is 0 Å². The number of carbonyl (C=O) groups is 1. The number of carbonyl (C=O) groups excluding carboxylic acids is 1. The third-order valence-electron chi connectivity index (χ3n) is 4.87. The molecule has 128 valence electrons. The van der Waals surface area contributed by atoms with Gasteiger partial charge in [-0.1, -0.05) is 0 Å². The van der Waals surface area contributed by atoms with Crippen LogP contribution in [-0.4, -0.2) is 24.0 Å². The standard InChI is InChI=1S/C15H20F3N3OS/c1-13(2,12-20-10(8-23-12)15(16,17)18)21-11(22)9-7-14(9)3-5-19-6-4-14/h8-9,19H,3-7H2,1-2H3,(H,21,22). The van der Waals surface area contributed by atoms with E-state index >= 15 is 0 Å². The molecule has 0 aromatic carbocycles. The third-order valence-corrected chi connectivity index (χ3v) is 6.04. The molecule has 1 aliphatic carbocycles. The minimum Gasteiger partial charge on any atom is -0.344 e. The van der Waals surface area contributed by atoms with Crippen LogP contribution in [0.5, 0.6) is 0 Å². The number of thiazole rings is 1. The van der Waals surface area contributed by atoms with Crippen molar-refractivity contribution in [2.45, 2.75) is 44.8 Å². The average molecular weight is 347 g/mol. The van der Waals surface area contributed by atoms with Crippen molar-refractivity contribution in [2.75, 3.05) is 13.1 Å². The van der Waals surface area contributed by atoms with Crippen molar-refractivity contribution >= 4 is 17.2 Å². The monoisotopic (exact) mass is 347 g/mol. The molecule has 0 bridgehead atoms. The Hall–Kier alpha value is -1.15. The van der Waals surface area contributed by atoms with Crippen LogP contribution in [0.1, 0.15) is 43.8 Å². The number of hydrogen-bond acceptors (Lipinski definition) is 4. The van der Waals surface area contributed by atoms with E-state index in [0.717, 1.165) is 49.1 Å². The van der Waals surface area contributed by atoms with Crippen molar-refractivity contribution in [3.8, 4) is 0 Å². The lowest BCUT2D eigenvalue weighted by molar-refractivity contribution is -0.140. The summed E-state index contributed by atoms with van der Waals surface area (Å²) in [4.78, 5) is 16.2. The zero-order valence-electron chi connectivity index (χ0n) is 13.1. The smallest absolute Gasteiger partial charge is 0.344 e. The van der Waals surface area contributed by atoms with Gasteiger partial charge in [-0.25, -0.2) is 4.98 Å². The van der Waals surface area contributed by atoms with E-state index in [9.17, 15) is 18.0 Å². The Morgan fingerprint density at radius 2 is 2.04 bits per heavy atom. The highest BCUT2D eigenvalue weighted by molar-refractivity contribution is 7.09. The maximum Gasteiger partial charge on any atom is 0.434 e. The molecule has 1 spiro atoms. The zero-order chi connectivity index (χ0) is 16.9. The van der Waals surface area contributed by atoms with Crippen molar-refractivity contribution in [3.05, 3.63) is 16.1 Å². The second-order valence-corrected chi connectivity index (χ2v) is 7.88. The van der Waals surface area contributed by atoms with Crippen LogP contribution in [0.3, 0.4) is 0 Å². The van der Waals surface area contributed by atoms with Gasteiger partial charge in [0.2, 0.25) is 5.91 Å². The minimum absolute atomic E-state index is 0.0223. The van der Waals surface area contributed by atoms with Gasteiger partial charge in [0.15, 0.2) is 5.69 Å². The number of rotatable bonds is 3. The molecule has 3 rings (SSSR count). The number of nitrogens with zero attached hydrogens (tertiary/aromatic N) is 1. The molecule has 1 aromatic heterocycles. The summed E-state index contributed by atoms with van der Waals surface area (Å²) < 4.78 is 38.0. The fourth-order valence-corrected chi connectivity index (χ4v) is 4.24. The maximum absolute atomic E-state index is 12.7. The van der Waals surface area contributed by atoms with Crippen LogP contribution in [0, 0.1) is 11.3 Å². The third kappa shape index (κ3) is 3.24. The second-order valence-electron chi connectivity index (χ2n) is 7.02. The SMILES string of the molecule is CC(C)(NC(=O)C1CC12CCNCC2)c1nc(C(F)(F)F)cs1. The van der Waals surface area contributed by atoms with E-state index in [4.69, 9.17) is 0 Å². The first-order valence-electron chi connectivity index (χ1n) is 7.70. The van der Waals surface area contributed by atoms with E-state index in [0.29, 0.717) is 0 Å². The molecule has 8 heteroatoms. The Balaban J connectivity index is 1.67. The molecule has 1 unspecified atom stereocenters. The molecule has 1 aromatic rings. The van der Waals surface area contributed by atoms with Crippen LogP contribution < -0.4 is 10.6 Å². The van der Waals surface area contributed by atoms with Crippen LogP contribution in [0.2, 0.25) is 0 Å². The summed E-state index contributed by atoms with van der Waals surface area (Å²) in [6, 6.07) is 0. The Morgan fingerprint density at radius 3 is 2.61 bits per heavy atom. The Kier molecular flexibility index (Phi) is 3.95. The number of hydrogen-bond donors (Lipinski definition) is 2. The van der Waals surface area contributed by atoms with E-state index in [1.54, 1.807) is 13.8 Å². The van der Waals surface area contributed by atoms with E-state index in [2.05, 4.69) is 15.6 Å². The highest BCUT2D eigenvalue weighted by Crippen LogP contribution is 2.58. The number of nitrogens with one attached hydrogen (secondary N) is 2. The van der Waals surface area contributed by atoms with Crippen LogP contribution >= 0.6 is 11.3 Å². The van der Waals surface area contributed by atoms with Crippen LogP contribution in [0.4, 0.5) is 13.2 Å². The second kappa shape index (κ2) is 5.44. The van der Waals surface area contributed by atoms with Crippen molar-refractivity contribution in [2.24, 2.45) is 11.3 Å². The normalized spacial score (nSPS) is 23.8. The first kappa shape index (κ1) is 16.7. The molecule has 4 nitrogen and oxygen atoms in total. The molecule has 2 N–H and O–H groups in total. The van der Waals surface area contributed by atoms with Crippen LogP contribution in [0.15, 0.2) is 5.38 Å². The molecule has 1 saturated heterocycles. The molecule has 0 radical (unpaired) electrons. The number of alkyl halides is 3. The summed E-state index contributed by atoms with van der Waals surface area (Å²) in [6.07, 6.45) is -1.60. The molecule has 1 amide bonds. The average Bonchev–Trinajstić information content (AvgIpc) is 2.92. The molecular formula is C15H20F3N3OS. The lowest BCUT2D eigenvalue weighted by Crippen LogP contribution is -2.43. The Bertz CT molecular complexity index is 605. The zero-order valence-corrected chi connectivity index (χ0v) is 13.9. The van der Waals surface area contributed by atoms with Gasteiger partial charge in [-0.2, -0.15) is 13.2 Å².